The maximum Gasteiger partial charge on any atom is 0.260 e. The van der Waals surface area contributed by atoms with Crippen LogP contribution in [0.1, 0.15) is 17.3 Å². The van der Waals surface area contributed by atoms with E-state index in [4.69, 9.17) is 0 Å². The molecule has 1 amide bonds. The van der Waals surface area contributed by atoms with Crippen LogP contribution in [0.25, 0.3) is 0 Å². The Morgan fingerprint density at radius 2 is 2.31 bits per heavy atom. The Labute approximate surface area is 93.8 Å². The van der Waals surface area contributed by atoms with E-state index in [0.717, 1.165) is 6.07 Å². The molecule has 4 heteroatoms. The quantitative estimate of drug-likeness (QED) is 0.795. The van der Waals surface area contributed by atoms with E-state index in [1.54, 1.807) is 13.0 Å². The third-order valence-corrected chi connectivity index (χ3v) is 2.22. The minimum absolute atomic E-state index is 0.286. The van der Waals surface area contributed by atoms with Crippen LogP contribution in [-0.2, 0) is 0 Å². The van der Waals surface area contributed by atoms with Gasteiger partial charge in [0.15, 0.2) is 0 Å². The second-order valence-corrected chi connectivity index (χ2v) is 3.27. The van der Waals surface area contributed by atoms with Crippen LogP contribution >= 0.6 is 0 Å². The number of phenolic OH excluding ortho intramolecular Hbond substituents is 1. The minimum Gasteiger partial charge on any atom is -0.507 e. The second-order valence-electron chi connectivity index (χ2n) is 3.27. The lowest BCUT2D eigenvalue weighted by Gasteiger charge is -2.19. The summed E-state index contributed by atoms with van der Waals surface area (Å²) in [4.78, 5) is 13.3. The van der Waals surface area contributed by atoms with Crippen LogP contribution < -0.4 is 0 Å². The monoisotopic (exact) mass is 223 g/mol. The van der Waals surface area contributed by atoms with Crippen molar-refractivity contribution < 1.29 is 14.3 Å². The van der Waals surface area contributed by atoms with Gasteiger partial charge >= 0.3 is 0 Å². The number of phenols is 1. The second kappa shape index (κ2) is 5.30. The number of carbonyl (C=O) groups excluding carboxylic acids is 1. The van der Waals surface area contributed by atoms with Gasteiger partial charge in [-0.3, -0.25) is 4.79 Å². The molecule has 0 aliphatic carbocycles. The number of rotatable bonds is 4. The van der Waals surface area contributed by atoms with E-state index in [-0.39, 0.29) is 11.3 Å². The van der Waals surface area contributed by atoms with Gasteiger partial charge in [0.1, 0.15) is 17.1 Å². The number of carbonyl (C=O) groups is 1. The standard InChI is InChI=1S/C12H14FNO2/c1-3-8-14(4-2)12(16)11-9(13)6-5-7-10(11)15/h3,5-7,15H,1,4,8H2,2H3. The molecular formula is C12H14FNO2. The third kappa shape index (κ3) is 2.39. The van der Waals surface area contributed by atoms with Gasteiger partial charge in [0, 0.05) is 13.1 Å². The van der Waals surface area contributed by atoms with Crippen molar-refractivity contribution in [3.63, 3.8) is 0 Å². The Hall–Kier alpha value is -1.84. The Kier molecular flexibility index (Phi) is 4.05. The van der Waals surface area contributed by atoms with Gasteiger partial charge in [-0.1, -0.05) is 12.1 Å². The third-order valence-electron chi connectivity index (χ3n) is 2.22. The highest BCUT2D eigenvalue weighted by molar-refractivity contribution is 5.97. The van der Waals surface area contributed by atoms with Crippen LogP contribution in [0.3, 0.4) is 0 Å². The number of likely N-dealkylation sites (N-methyl/N-ethyl adjacent to an activating group) is 1. The molecule has 0 aliphatic heterocycles. The Morgan fingerprint density at radius 1 is 1.62 bits per heavy atom. The highest BCUT2D eigenvalue weighted by Gasteiger charge is 2.20. The topological polar surface area (TPSA) is 40.5 Å². The van der Waals surface area contributed by atoms with E-state index >= 15 is 0 Å². The molecule has 1 N–H and O–H groups in total. The van der Waals surface area contributed by atoms with Gasteiger partial charge in [-0.2, -0.15) is 0 Å². The molecule has 86 valence electrons. The molecule has 1 aromatic carbocycles. The van der Waals surface area contributed by atoms with Crippen molar-refractivity contribution in [2.45, 2.75) is 6.92 Å². The molecule has 0 atom stereocenters. The van der Waals surface area contributed by atoms with Gasteiger partial charge < -0.3 is 10.0 Å². The molecule has 1 rings (SSSR count). The number of benzene rings is 1. The van der Waals surface area contributed by atoms with Crippen LogP contribution in [0.2, 0.25) is 0 Å². The lowest BCUT2D eigenvalue weighted by molar-refractivity contribution is 0.0774. The first kappa shape index (κ1) is 12.2. The predicted molar refractivity (Wildman–Crippen MR) is 59.8 cm³/mol. The van der Waals surface area contributed by atoms with Gasteiger partial charge in [-0.25, -0.2) is 4.39 Å². The average Bonchev–Trinajstić information content (AvgIpc) is 2.25. The Morgan fingerprint density at radius 3 is 2.81 bits per heavy atom. The van der Waals surface area contributed by atoms with Gasteiger partial charge in [0.05, 0.1) is 0 Å². The molecule has 0 radical (unpaired) electrons. The normalized spacial score (nSPS) is 9.88. The zero-order valence-electron chi connectivity index (χ0n) is 9.11. The molecule has 0 aliphatic rings. The van der Waals surface area contributed by atoms with Gasteiger partial charge in [0.2, 0.25) is 0 Å². The number of aromatic hydroxyl groups is 1. The highest BCUT2D eigenvalue weighted by Crippen LogP contribution is 2.21. The predicted octanol–water partition coefficient (Wildman–Crippen LogP) is 2.18. The summed E-state index contributed by atoms with van der Waals surface area (Å²) in [6, 6.07) is 3.79. The molecule has 0 saturated heterocycles. The van der Waals surface area contributed by atoms with E-state index in [2.05, 4.69) is 6.58 Å². The van der Waals surface area contributed by atoms with Crippen molar-refractivity contribution in [1.29, 1.82) is 0 Å². The summed E-state index contributed by atoms with van der Waals surface area (Å²) >= 11 is 0. The summed E-state index contributed by atoms with van der Waals surface area (Å²) in [6.07, 6.45) is 1.55. The van der Waals surface area contributed by atoms with Crippen LogP contribution in [0.5, 0.6) is 5.75 Å². The maximum atomic E-state index is 13.4. The van der Waals surface area contributed by atoms with Crippen LogP contribution in [0.15, 0.2) is 30.9 Å². The number of nitrogens with zero attached hydrogens (tertiary/aromatic N) is 1. The van der Waals surface area contributed by atoms with Gasteiger partial charge in [-0.15, -0.1) is 6.58 Å². The van der Waals surface area contributed by atoms with Crippen LogP contribution in [-0.4, -0.2) is 29.0 Å². The van der Waals surface area contributed by atoms with Crippen molar-refractivity contribution in [1.82, 2.24) is 4.90 Å². The lowest BCUT2D eigenvalue weighted by atomic mass is 10.1. The first-order valence-electron chi connectivity index (χ1n) is 4.99. The highest BCUT2D eigenvalue weighted by atomic mass is 19.1. The Bertz CT molecular complexity index is 384. The maximum absolute atomic E-state index is 13.4. The zero-order chi connectivity index (χ0) is 12.1. The number of hydrogen-bond donors (Lipinski definition) is 1. The zero-order valence-corrected chi connectivity index (χ0v) is 9.11. The van der Waals surface area contributed by atoms with E-state index in [9.17, 15) is 14.3 Å². The molecule has 0 heterocycles. The largest absolute Gasteiger partial charge is 0.507 e. The number of halogens is 1. The van der Waals surface area contributed by atoms with Crippen LogP contribution in [0, 0.1) is 5.82 Å². The first-order chi connectivity index (χ1) is 7.61. The fourth-order valence-corrected chi connectivity index (χ4v) is 1.39. The molecule has 1 aromatic rings. The molecule has 0 bridgehead atoms. The summed E-state index contributed by atoms with van der Waals surface area (Å²) in [7, 11) is 0. The fourth-order valence-electron chi connectivity index (χ4n) is 1.39. The van der Waals surface area contributed by atoms with E-state index in [1.807, 2.05) is 0 Å². The summed E-state index contributed by atoms with van der Waals surface area (Å²) in [6.45, 7) is 6.05. The van der Waals surface area contributed by atoms with Crippen molar-refractivity contribution in [2.75, 3.05) is 13.1 Å². The smallest absolute Gasteiger partial charge is 0.260 e. The first-order valence-corrected chi connectivity index (χ1v) is 4.99. The van der Waals surface area contributed by atoms with Crippen molar-refractivity contribution >= 4 is 5.91 Å². The summed E-state index contributed by atoms with van der Waals surface area (Å²) in [5, 5.41) is 9.46. The van der Waals surface area contributed by atoms with E-state index in [1.165, 1.54) is 17.0 Å². The molecular weight excluding hydrogens is 209 g/mol. The van der Waals surface area contributed by atoms with Crippen molar-refractivity contribution in [3.05, 3.63) is 42.2 Å². The van der Waals surface area contributed by atoms with Crippen molar-refractivity contribution in [3.8, 4) is 5.75 Å². The summed E-state index contributed by atoms with van der Waals surface area (Å²) in [5.74, 6) is -1.59. The molecule has 0 unspecified atom stereocenters. The number of amides is 1. The molecule has 0 aromatic heterocycles. The number of hydrogen-bond acceptors (Lipinski definition) is 2. The summed E-state index contributed by atoms with van der Waals surface area (Å²) < 4.78 is 13.4. The molecule has 16 heavy (non-hydrogen) atoms. The Balaban J connectivity index is 3.07. The van der Waals surface area contributed by atoms with E-state index in [0.29, 0.717) is 13.1 Å². The van der Waals surface area contributed by atoms with Gasteiger partial charge in [-0.05, 0) is 19.1 Å². The van der Waals surface area contributed by atoms with Gasteiger partial charge in [0.25, 0.3) is 5.91 Å². The van der Waals surface area contributed by atoms with E-state index < -0.39 is 11.7 Å². The average molecular weight is 223 g/mol. The molecule has 3 nitrogen and oxygen atoms in total. The van der Waals surface area contributed by atoms with Crippen LogP contribution in [0.4, 0.5) is 4.39 Å². The van der Waals surface area contributed by atoms with Crippen molar-refractivity contribution in [2.24, 2.45) is 0 Å². The summed E-state index contributed by atoms with van der Waals surface area (Å²) in [5.41, 5.74) is -0.286. The fraction of sp³-hybridized carbons (Fsp3) is 0.250. The molecule has 0 spiro atoms. The molecule has 0 fully saturated rings. The molecule has 0 saturated carbocycles. The lowest BCUT2D eigenvalue weighted by Crippen LogP contribution is -2.31. The SMILES string of the molecule is C=CCN(CC)C(=O)c1c(O)cccc1F. The minimum atomic E-state index is -0.715.